The summed E-state index contributed by atoms with van der Waals surface area (Å²) in [5, 5.41) is 11.9. The van der Waals surface area contributed by atoms with Gasteiger partial charge in [-0.05, 0) is 30.7 Å². The fourth-order valence-corrected chi connectivity index (χ4v) is 2.61. The molecule has 2 rings (SSSR count). The lowest BCUT2D eigenvalue weighted by Crippen LogP contribution is -2.10. The molecule has 0 aromatic carbocycles. The Morgan fingerprint density at radius 1 is 1.42 bits per heavy atom. The molecular weight excluding hydrogens is 286 g/mol. The van der Waals surface area contributed by atoms with Crippen molar-refractivity contribution in [2.45, 2.75) is 6.42 Å². The number of aromatic nitrogens is 1. The van der Waals surface area contributed by atoms with Gasteiger partial charge in [0.25, 0.3) is 0 Å². The Balaban J connectivity index is 1.99. The third kappa shape index (κ3) is 3.59. The van der Waals surface area contributed by atoms with Gasteiger partial charge in [0, 0.05) is 11.4 Å². The fourth-order valence-electron chi connectivity index (χ4n) is 1.52. The zero-order chi connectivity index (χ0) is 13.8. The van der Waals surface area contributed by atoms with E-state index >= 15 is 0 Å². The number of nitrogens with zero attached hydrogens (tertiary/aromatic N) is 1. The summed E-state index contributed by atoms with van der Waals surface area (Å²) in [5.74, 6) is -0.685. The van der Waals surface area contributed by atoms with Crippen molar-refractivity contribution in [3.05, 3.63) is 39.2 Å². The van der Waals surface area contributed by atoms with E-state index in [0.29, 0.717) is 18.1 Å². The van der Waals surface area contributed by atoms with Gasteiger partial charge in [-0.15, -0.1) is 11.3 Å². The predicted octanol–water partition coefficient (Wildman–Crippen LogP) is 2.73. The highest BCUT2D eigenvalue weighted by molar-refractivity contribution is 7.16. The van der Waals surface area contributed by atoms with Gasteiger partial charge in [0.2, 0.25) is 0 Å². The summed E-state index contributed by atoms with van der Waals surface area (Å²) in [4.78, 5) is 15.9. The van der Waals surface area contributed by atoms with Gasteiger partial charge in [0.15, 0.2) is 5.69 Å². The number of rotatable bonds is 5. The first kappa shape index (κ1) is 13.6. The molecule has 0 saturated heterocycles. The minimum absolute atomic E-state index is 0.0316. The number of thiophene rings is 1. The van der Waals surface area contributed by atoms with Crippen molar-refractivity contribution < 1.29 is 9.90 Å². The van der Waals surface area contributed by atoms with E-state index in [1.165, 1.54) is 23.5 Å². The average Bonchev–Trinajstić information content (AvgIpc) is 2.77. The van der Waals surface area contributed by atoms with Crippen LogP contribution >= 0.6 is 22.9 Å². The number of carbonyl (C=O) groups is 1. The second-order valence-corrected chi connectivity index (χ2v) is 5.62. The van der Waals surface area contributed by atoms with Gasteiger partial charge in [-0.1, -0.05) is 11.6 Å². The van der Waals surface area contributed by atoms with E-state index in [-0.39, 0.29) is 5.69 Å². The lowest BCUT2D eigenvalue weighted by Gasteiger charge is -2.08. The Labute approximate surface area is 119 Å². The summed E-state index contributed by atoms with van der Waals surface area (Å²) in [6, 6.07) is 6.71. The Bertz CT molecular complexity index is 600. The molecule has 0 saturated carbocycles. The molecule has 0 aliphatic heterocycles. The zero-order valence-corrected chi connectivity index (χ0v) is 11.5. The first-order valence-corrected chi connectivity index (χ1v) is 6.73. The summed E-state index contributed by atoms with van der Waals surface area (Å²) in [5.41, 5.74) is 6.13. The second-order valence-electron chi connectivity index (χ2n) is 3.82. The molecule has 100 valence electrons. The first-order chi connectivity index (χ1) is 9.06. The Morgan fingerprint density at radius 2 is 2.21 bits per heavy atom. The molecule has 0 unspecified atom stereocenters. The maximum absolute atomic E-state index is 10.8. The minimum atomic E-state index is -1.08. The van der Waals surface area contributed by atoms with E-state index in [1.54, 1.807) is 0 Å². The van der Waals surface area contributed by atoms with Crippen molar-refractivity contribution in [1.82, 2.24) is 4.98 Å². The molecule has 0 spiro atoms. The van der Waals surface area contributed by atoms with Crippen LogP contribution in [0, 0.1) is 0 Å². The fraction of sp³-hybridized carbons (Fsp3) is 0.167. The van der Waals surface area contributed by atoms with Crippen molar-refractivity contribution in [3.63, 3.8) is 0 Å². The predicted molar refractivity (Wildman–Crippen MR) is 77.1 cm³/mol. The van der Waals surface area contributed by atoms with Crippen molar-refractivity contribution in [1.29, 1.82) is 0 Å². The van der Waals surface area contributed by atoms with E-state index in [2.05, 4.69) is 10.3 Å². The van der Waals surface area contributed by atoms with Crippen molar-refractivity contribution >= 4 is 40.4 Å². The van der Waals surface area contributed by atoms with Crippen LogP contribution in [0.15, 0.2) is 24.3 Å². The molecule has 4 N–H and O–H groups in total. The van der Waals surface area contributed by atoms with Crippen LogP contribution in [0.5, 0.6) is 0 Å². The number of nitrogens with one attached hydrogen (secondary N) is 1. The number of hydrogen-bond donors (Lipinski definition) is 3. The highest BCUT2D eigenvalue weighted by Crippen LogP contribution is 2.22. The third-order valence-corrected chi connectivity index (χ3v) is 3.73. The van der Waals surface area contributed by atoms with Crippen LogP contribution in [0.2, 0.25) is 4.34 Å². The van der Waals surface area contributed by atoms with E-state index in [1.807, 2.05) is 12.1 Å². The number of pyridine rings is 1. The van der Waals surface area contributed by atoms with Crippen LogP contribution in [0.4, 0.5) is 11.5 Å². The van der Waals surface area contributed by atoms with Gasteiger partial charge in [-0.25, -0.2) is 9.78 Å². The molecule has 0 bridgehead atoms. The summed E-state index contributed by atoms with van der Waals surface area (Å²) in [6.45, 7) is 0.608. The van der Waals surface area contributed by atoms with E-state index < -0.39 is 5.97 Å². The Hall–Kier alpha value is -1.79. The lowest BCUT2D eigenvalue weighted by atomic mass is 10.3. The largest absolute Gasteiger partial charge is 0.477 e. The van der Waals surface area contributed by atoms with Gasteiger partial charge in [-0.2, -0.15) is 0 Å². The number of aromatic carboxylic acids is 1. The lowest BCUT2D eigenvalue weighted by molar-refractivity contribution is 0.0690. The number of halogens is 1. The third-order valence-electron chi connectivity index (χ3n) is 2.44. The first-order valence-electron chi connectivity index (χ1n) is 5.54. The highest BCUT2D eigenvalue weighted by atomic mass is 35.5. The molecular formula is C12H12ClN3O2S. The van der Waals surface area contributed by atoms with Crippen molar-refractivity contribution in [2.75, 3.05) is 17.6 Å². The molecule has 2 aromatic heterocycles. The van der Waals surface area contributed by atoms with Crippen LogP contribution in [0.1, 0.15) is 15.4 Å². The molecule has 0 aliphatic carbocycles. The molecule has 2 heterocycles. The van der Waals surface area contributed by atoms with E-state index in [0.717, 1.165) is 15.6 Å². The molecule has 0 fully saturated rings. The van der Waals surface area contributed by atoms with Crippen LogP contribution in [-0.4, -0.2) is 22.6 Å². The molecule has 0 aliphatic rings. The van der Waals surface area contributed by atoms with Gasteiger partial charge in [0.1, 0.15) is 5.82 Å². The molecule has 0 radical (unpaired) electrons. The Morgan fingerprint density at radius 3 is 2.84 bits per heavy atom. The van der Waals surface area contributed by atoms with Crippen molar-refractivity contribution in [3.8, 4) is 0 Å². The number of nitrogen functional groups attached to an aromatic ring is 1. The average molecular weight is 298 g/mol. The molecule has 7 heteroatoms. The van der Waals surface area contributed by atoms with E-state index in [4.69, 9.17) is 22.4 Å². The number of anilines is 2. The monoisotopic (exact) mass is 297 g/mol. The quantitative estimate of drug-likeness (QED) is 0.790. The van der Waals surface area contributed by atoms with Crippen LogP contribution in [-0.2, 0) is 6.42 Å². The maximum atomic E-state index is 10.8. The number of nitrogens with two attached hydrogens (primary N) is 1. The topological polar surface area (TPSA) is 88.2 Å². The smallest absolute Gasteiger partial charge is 0.354 e. The van der Waals surface area contributed by atoms with Crippen molar-refractivity contribution in [2.24, 2.45) is 0 Å². The number of carboxylic acids is 1. The molecule has 5 nitrogen and oxygen atoms in total. The van der Waals surface area contributed by atoms with Gasteiger partial charge in [-0.3, -0.25) is 0 Å². The maximum Gasteiger partial charge on any atom is 0.354 e. The van der Waals surface area contributed by atoms with Gasteiger partial charge >= 0.3 is 5.97 Å². The second kappa shape index (κ2) is 5.90. The minimum Gasteiger partial charge on any atom is -0.477 e. The molecule has 0 atom stereocenters. The van der Waals surface area contributed by atoms with Crippen LogP contribution in [0.3, 0.4) is 0 Å². The summed E-state index contributed by atoms with van der Waals surface area (Å²) in [7, 11) is 0. The van der Waals surface area contributed by atoms with E-state index in [9.17, 15) is 4.79 Å². The number of carboxylic acid groups (broad SMARTS) is 1. The standard InChI is InChI=1S/C12H12ClN3O2S/c13-10-4-1-7(19-10)5-6-15-11-8(14)2-3-9(16-11)12(17)18/h1-4H,5-6,14H2,(H,15,16)(H,17,18). The number of hydrogen-bond acceptors (Lipinski definition) is 5. The van der Waals surface area contributed by atoms with Gasteiger partial charge < -0.3 is 16.2 Å². The van der Waals surface area contributed by atoms with Crippen LogP contribution < -0.4 is 11.1 Å². The summed E-state index contributed by atoms with van der Waals surface area (Å²) >= 11 is 7.35. The summed E-state index contributed by atoms with van der Waals surface area (Å²) in [6.07, 6.45) is 0.774. The Kier molecular flexibility index (Phi) is 4.24. The summed E-state index contributed by atoms with van der Waals surface area (Å²) < 4.78 is 0.750. The van der Waals surface area contributed by atoms with Crippen LogP contribution in [0.25, 0.3) is 0 Å². The highest BCUT2D eigenvalue weighted by Gasteiger charge is 2.08. The normalized spacial score (nSPS) is 10.4. The molecule has 0 amide bonds. The molecule has 2 aromatic rings. The van der Waals surface area contributed by atoms with Gasteiger partial charge in [0.05, 0.1) is 10.0 Å². The zero-order valence-electron chi connectivity index (χ0n) is 9.89. The molecule has 19 heavy (non-hydrogen) atoms. The SMILES string of the molecule is Nc1ccc(C(=O)O)nc1NCCc1ccc(Cl)s1.